The third kappa shape index (κ3) is 3.08. The van der Waals surface area contributed by atoms with E-state index in [4.69, 9.17) is 4.74 Å². The quantitative estimate of drug-likeness (QED) is 0.933. The molecule has 0 unspecified atom stereocenters. The van der Waals surface area contributed by atoms with Crippen LogP contribution in [0, 0.1) is 6.92 Å². The van der Waals surface area contributed by atoms with E-state index in [1.54, 1.807) is 0 Å². The number of rotatable bonds is 4. The number of para-hydroxylation sites is 1. The number of hydrogen-bond donors (Lipinski definition) is 1. The molecule has 1 aliphatic rings. The fraction of sp³-hybridized carbons (Fsp3) is 0.389. The Kier molecular flexibility index (Phi) is 3.68. The van der Waals surface area contributed by atoms with E-state index in [0.717, 1.165) is 25.3 Å². The largest absolute Gasteiger partial charge is 0.487 e. The third-order valence-electron chi connectivity index (χ3n) is 3.95. The monoisotopic (exact) mass is 282 g/mol. The summed E-state index contributed by atoms with van der Waals surface area (Å²) in [6, 6.07) is 8.47. The number of aromatic nitrogens is 1. The summed E-state index contributed by atoms with van der Waals surface area (Å²) in [5.41, 5.74) is 4.98. The van der Waals surface area contributed by atoms with Gasteiger partial charge in [0.25, 0.3) is 0 Å². The number of ether oxygens (including phenoxy) is 1. The maximum Gasteiger partial charge on any atom is 0.127 e. The standard InChI is InChI=1S/C18H22N2O/c1-13-7-8-19-11-16(13)12-20-10-15-6-4-5-14-9-18(2,3)21-17(14)15/h4-8,11,20H,9-10,12H2,1-3H3. The zero-order chi connectivity index (χ0) is 14.9. The fourth-order valence-corrected chi connectivity index (χ4v) is 2.83. The number of nitrogens with one attached hydrogen (secondary N) is 1. The van der Waals surface area contributed by atoms with E-state index in [1.165, 1.54) is 22.3 Å². The first-order valence-electron chi connectivity index (χ1n) is 7.45. The SMILES string of the molecule is Cc1ccncc1CNCc1cccc2c1OC(C)(C)C2. The van der Waals surface area contributed by atoms with Gasteiger partial charge in [0.1, 0.15) is 11.4 Å². The molecular weight excluding hydrogens is 260 g/mol. The van der Waals surface area contributed by atoms with E-state index >= 15 is 0 Å². The van der Waals surface area contributed by atoms with Crippen molar-refractivity contribution >= 4 is 0 Å². The van der Waals surface area contributed by atoms with Gasteiger partial charge in [-0.25, -0.2) is 0 Å². The average molecular weight is 282 g/mol. The summed E-state index contributed by atoms with van der Waals surface area (Å²) in [5.74, 6) is 1.07. The van der Waals surface area contributed by atoms with Crippen LogP contribution in [0.25, 0.3) is 0 Å². The van der Waals surface area contributed by atoms with Gasteiger partial charge in [-0.3, -0.25) is 4.98 Å². The summed E-state index contributed by atoms with van der Waals surface area (Å²) in [5, 5.41) is 3.50. The van der Waals surface area contributed by atoms with E-state index in [0.29, 0.717) is 0 Å². The molecule has 0 saturated carbocycles. The van der Waals surface area contributed by atoms with Crippen molar-refractivity contribution < 1.29 is 4.74 Å². The van der Waals surface area contributed by atoms with Crippen LogP contribution in [0.3, 0.4) is 0 Å². The molecule has 0 aliphatic carbocycles. The molecular formula is C18H22N2O. The van der Waals surface area contributed by atoms with Gasteiger partial charge in [-0.2, -0.15) is 0 Å². The molecule has 2 heterocycles. The minimum Gasteiger partial charge on any atom is -0.487 e. The Balaban J connectivity index is 1.68. The maximum atomic E-state index is 6.10. The van der Waals surface area contributed by atoms with Gasteiger partial charge in [-0.1, -0.05) is 18.2 Å². The highest BCUT2D eigenvalue weighted by Crippen LogP contribution is 2.37. The van der Waals surface area contributed by atoms with Gasteiger partial charge in [0.2, 0.25) is 0 Å². The van der Waals surface area contributed by atoms with Gasteiger partial charge >= 0.3 is 0 Å². The number of aryl methyl sites for hydroxylation is 1. The average Bonchev–Trinajstić information content (AvgIpc) is 2.76. The molecule has 3 rings (SSSR count). The minimum absolute atomic E-state index is 0.0849. The van der Waals surface area contributed by atoms with Crippen molar-refractivity contribution in [3.05, 3.63) is 58.9 Å². The first kappa shape index (κ1) is 14.1. The molecule has 1 aliphatic heterocycles. The van der Waals surface area contributed by atoms with Gasteiger partial charge < -0.3 is 10.1 Å². The molecule has 0 saturated heterocycles. The third-order valence-corrected chi connectivity index (χ3v) is 3.95. The van der Waals surface area contributed by atoms with Gasteiger partial charge in [-0.15, -0.1) is 0 Å². The van der Waals surface area contributed by atoms with Gasteiger partial charge in [0.05, 0.1) is 0 Å². The summed E-state index contributed by atoms with van der Waals surface area (Å²) in [6.45, 7) is 8.04. The summed E-state index contributed by atoms with van der Waals surface area (Å²) < 4.78 is 6.10. The Morgan fingerprint density at radius 2 is 2.00 bits per heavy atom. The van der Waals surface area contributed by atoms with Gasteiger partial charge in [0, 0.05) is 37.5 Å². The number of benzene rings is 1. The predicted molar refractivity (Wildman–Crippen MR) is 84.4 cm³/mol. The molecule has 2 aromatic rings. The highest BCUT2D eigenvalue weighted by molar-refractivity contribution is 5.45. The number of fused-ring (bicyclic) bond motifs is 1. The molecule has 0 amide bonds. The highest BCUT2D eigenvalue weighted by Gasteiger charge is 2.31. The minimum atomic E-state index is -0.0849. The highest BCUT2D eigenvalue weighted by atomic mass is 16.5. The Morgan fingerprint density at radius 3 is 2.81 bits per heavy atom. The zero-order valence-electron chi connectivity index (χ0n) is 12.9. The molecule has 0 fully saturated rings. The molecule has 1 aromatic heterocycles. The lowest BCUT2D eigenvalue weighted by Crippen LogP contribution is -2.25. The second kappa shape index (κ2) is 5.49. The lowest BCUT2D eigenvalue weighted by molar-refractivity contribution is 0.137. The van der Waals surface area contributed by atoms with Crippen LogP contribution >= 0.6 is 0 Å². The predicted octanol–water partition coefficient (Wildman–Crippen LogP) is 3.39. The second-order valence-electron chi connectivity index (χ2n) is 6.35. The van der Waals surface area contributed by atoms with Crippen molar-refractivity contribution in [2.45, 2.75) is 45.9 Å². The smallest absolute Gasteiger partial charge is 0.127 e. The van der Waals surface area contributed by atoms with E-state index in [2.05, 4.69) is 49.3 Å². The van der Waals surface area contributed by atoms with Crippen LogP contribution < -0.4 is 10.1 Å². The molecule has 0 spiro atoms. The molecule has 21 heavy (non-hydrogen) atoms. The molecule has 1 N–H and O–H groups in total. The van der Waals surface area contributed by atoms with Crippen LogP contribution in [0.15, 0.2) is 36.7 Å². The topological polar surface area (TPSA) is 34.2 Å². The summed E-state index contributed by atoms with van der Waals surface area (Å²) in [7, 11) is 0. The van der Waals surface area contributed by atoms with Crippen molar-refractivity contribution in [2.75, 3.05) is 0 Å². The fourth-order valence-electron chi connectivity index (χ4n) is 2.83. The first-order valence-corrected chi connectivity index (χ1v) is 7.45. The summed E-state index contributed by atoms with van der Waals surface area (Å²) in [4.78, 5) is 4.18. The number of nitrogens with zero attached hydrogens (tertiary/aromatic N) is 1. The van der Waals surface area contributed by atoms with E-state index in [1.807, 2.05) is 18.5 Å². The van der Waals surface area contributed by atoms with Gasteiger partial charge in [-0.05, 0) is 43.5 Å². The van der Waals surface area contributed by atoms with Crippen molar-refractivity contribution in [3.63, 3.8) is 0 Å². The van der Waals surface area contributed by atoms with E-state index < -0.39 is 0 Å². The van der Waals surface area contributed by atoms with E-state index in [-0.39, 0.29) is 5.60 Å². The van der Waals surface area contributed by atoms with Crippen molar-refractivity contribution in [2.24, 2.45) is 0 Å². The first-order chi connectivity index (χ1) is 10.1. The van der Waals surface area contributed by atoms with Crippen molar-refractivity contribution in [1.29, 1.82) is 0 Å². The Labute approximate surface area is 126 Å². The molecule has 0 bridgehead atoms. The van der Waals surface area contributed by atoms with Crippen LogP contribution in [-0.4, -0.2) is 10.6 Å². The number of pyridine rings is 1. The Bertz CT molecular complexity index is 649. The molecule has 3 nitrogen and oxygen atoms in total. The molecule has 1 aromatic carbocycles. The molecule has 0 radical (unpaired) electrons. The van der Waals surface area contributed by atoms with Crippen LogP contribution in [0.2, 0.25) is 0 Å². The van der Waals surface area contributed by atoms with Gasteiger partial charge in [0.15, 0.2) is 0 Å². The zero-order valence-corrected chi connectivity index (χ0v) is 12.9. The van der Waals surface area contributed by atoms with Crippen molar-refractivity contribution in [1.82, 2.24) is 10.3 Å². The van der Waals surface area contributed by atoms with Crippen LogP contribution in [0.5, 0.6) is 5.75 Å². The summed E-state index contributed by atoms with van der Waals surface area (Å²) in [6.07, 6.45) is 4.74. The molecule has 0 atom stereocenters. The second-order valence-corrected chi connectivity index (χ2v) is 6.35. The lowest BCUT2D eigenvalue weighted by Gasteiger charge is -2.18. The molecule has 3 heteroatoms. The van der Waals surface area contributed by atoms with Crippen LogP contribution in [-0.2, 0) is 19.5 Å². The molecule has 110 valence electrons. The van der Waals surface area contributed by atoms with Crippen LogP contribution in [0.4, 0.5) is 0 Å². The number of hydrogen-bond acceptors (Lipinski definition) is 3. The Morgan fingerprint density at radius 1 is 1.19 bits per heavy atom. The normalized spacial score (nSPS) is 15.6. The Hall–Kier alpha value is -1.87. The maximum absolute atomic E-state index is 6.10. The van der Waals surface area contributed by atoms with Crippen molar-refractivity contribution in [3.8, 4) is 5.75 Å². The lowest BCUT2D eigenvalue weighted by atomic mass is 10.0. The van der Waals surface area contributed by atoms with Crippen LogP contribution in [0.1, 0.15) is 36.1 Å². The summed E-state index contributed by atoms with van der Waals surface area (Å²) >= 11 is 0. The van der Waals surface area contributed by atoms with E-state index in [9.17, 15) is 0 Å².